The zero-order valence-corrected chi connectivity index (χ0v) is 21.3. The highest BCUT2D eigenvalue weighted by atomic mass is 35.5. The number of carbonyl (C=O) groups is 1. The number of allylic oxidation sites excluding steroid dienone is 1. The first-order chi connectivity index (χ1) is 16.5. The Morgan fingerprint density at radius 2 is 2.06 bits per heavy atom. The molecule has 1 aromatic heterocycles. The van der Waals surface area contributed by atoms with Crippen LogP contribution in [0.1, 0.15) is 51.7 Å². The van der Waals surface area contributed by atoms with E-state index in [1.807, 2.05) is 45.9 Å². The summed E-state index contributed by atoms with van der Waals surface area (Å²) in [5.41, 5.74) is 1.47. The highest BCUT2D eigenvalue weighted by Gasteiger charge is 2.25. The third kappa shape index (κ3) is 6.34. The number of hydrogen-bond acceptors (Lipinski definition) is 6. The summed E-state index contributed by atoms with van der Waals surface area (Å²) >= 11 is 6.64. The predicted molar refractivity (Wildman–Crippen MR) is 140 cm³/mol. The number of nitrogens with zero attached hydrogens (tertiary/aromatic N) is 3. The maximum atomic E-state index is 12.2. The molecule has 1 aliphatic heterocycles. The lowest BCUT2D eigenvalue weighted by Gasteiger charge is -2.35. The molecule has 1 amide bonds. The molecule has 8 heteroatoms. The molecule has 1 saturated heterocycles. The third-order valence-electron chi connectivity index (χ3n) is 5.70. The molecule has 3 rings (SSSR count). The van der Waals surface area contributed by atoms with Gasteiger partial charge in [-0.15, -0.1) is 0 Å². The Hall–Kier alpha value is -3.50. The van der Waals surface area contributed by atoms with Crippen molar-refractivity contribution < 1.29 is 14.6 Å². The first kappa shape index (κ1) is 26.1. The standard InChI is InChI=1S/C27H31ClN4O3/c1-6-23-21(14-17(2)20-9-7-8-18(15-29)25(20)33)24(22(28)16-30-23)32-12-10-19(11-13-32)31-26(34)35-27(3,4)5/h6-9,14,16,19,33H,2,10-13H2,1,3-5H3,(H,31,34)/b21-14+,23-6+. The summed E-state index contributed by atoms with van der Waals surface area (Å²) in [6.07, 6.45) is 6.41. The Morgan fingerprint density at radius 1 is 1.37 bits per heavy atom. The van der Waals surface area contributed by atoms with Crippen molar-refractivity contribution >= 4 is 41.1 Å². The minimum absolute atomic E-state index is 0.00647. The summed E-state index contributed by atoms with van der Waals surface area (Å²) in [6.45, 7) is 12.9. The van der Waals surface area contributed by atoms with Gasteiger partial charge in [-0.05, 0) is 58.3 Å². The third-order valence-corrected chi connectivity index (χ3v) is 5.98. The summed E-state index contributed by atoms with van der Waals surface area (Å²) in [6, 6.07) is 6.97. The number of pyridine rings is 1. The van der Waals surface area contributed by atoms with E-state index in [0.29, 0.717) is 29.2 Å². The summed E-state index contributed by atoms with van der Waals surface area (Å²) in [7, 11) is 0. The average molecular weight is 495 g/mol. The number of nitrogens with one attached hydrogen (secondary N) is 1. The van der Waals surface area contributed by atoms with Crippen molar-refractivity contribution in [2.45, 2.75) is 52.2 Å². The highest BCUT2D eigenvalue weighted by Crippen LogP contribution is 2.29. The van der Waals surface area contributed by atoms with Gasteiger partial charge < -0.3 is 20.1 Å². The summed E-state index contributed by atoms with van der Waals surface area (Å²) < 4.78 is 5.38. The number of halogens is 1. The van der Waals surface area contributed by atoms with E-state index < -0.39 is 11.7 Å². The Labute approximate surface area is 211 Å². The van der Waals surface area contributed by atoms with Crippen LogP contribution in [0.25, 0.3) is 17.7 Å². The van der Waals surface area contributed by atoms with Crippen molar-refractivity contribution in [1.29, 1.82) is 5.26 Å². The van der Waals surface area contributed by atoms with E-state index in [4.69, 9.17) is 16.3 Å². The van der Waals surface area contributed by atoms with Gasteiger partial charge in [-0.3, -0.25) is 4.98 Å². The largest absolute Gasteiger partial charge is 0.506 e. The number of rotatable bonds is 4. The molecule has 0 saturated carbocycles. The van der Waals surface area contributed by atoms with Gasteiger partial charge >= 0.3 is 6.09 Å². The quantitative estimate of drug-likeness (QED) is 0.664. The fourth-order valence-corrected chi connectivity index (χ4v) is 4.34. The number of amides is 1. The molecule has 184 valence electrons. The number of benzene rings is 1. The fourth-order valence-electron chi connectivity index (χ4n) is 4.07. The van der Waals surface area contributed by atoms with Gasteiger partial charge in [-0.1, -0.05) is 36.4 Å². The molecule has 0 atom stereocenters. The van der Waals surface area contributed by atoms with Crippen LogP contribution >= 0.6 is 11.6 Å². The summed E-state index contributed by atoms with van der Waals surface area (Å²) in [5, 5.41) is 24.7. The molecule has 2 heterocycles. The van der Waals surface area contributed by atoms with E-state index in [0.717, 1.165) is 29.1 Å². The molecule has 0 spiro atoms. The summed E-state index contributed by atoms with van der Waals surface area (Å²) in [4.78, 5) is 18.8. The van der Waals surface area contributed by atoms with Gasteiger partial charge in [0.05, 0.1) is 21.6 Å². The lowest BCUT2D eigenvalue weighted by molar-refractivity contribution is 0.0497. The molecular weight excluding hydrogens is 464 g/mol. The van der Waals surface area contributed by atoms with Crippen molar-refractivity contribution in [3.63, 3.8) is 0 Å². The first-order valence-corrected chi connectivity index (χ1v) is 11.9. The van der Waals surface area contributed by atoms with Gasteiger partial charge in [-0.2, -0.15) is 5.26 Å². The molecule has 2 N–H and O–H groups in total. The fraction of sp³-hybridized carbons (Fsp3) is 0.370. The topological polar surface area (TPSA) is 98.5 Å². The monoisotopic (exact) mass is 494 g/mol. The van der Waals surface area contributed by atoms with E-state index in [-0.39, 0.29) is 17.4 Å². The number of para-hydroxylation sites is 1. The number of phenolic OH excluding ortho intramolecular Hbond substituents is 1. The number of carbonyl (C=O) groups excluding carboxylic acids is 1. The molecule has 7 nitrogen and oxygen atoms in total. The average Bonchev–Trinajstić information content (AvgIpc) is 2.79. The molecule has 0 radical (unpaired) electrons. The van der Waals surface area contributed by atoms with Crippen molar-refractivity contribution in [2.75, 3.05) is 18.0 Å². The lowest BCUT2D eigenvalue weighted by atomic mass is 10.0. The maximum absolute atomic E-state index is 12.2. The number of ether oxygens (including phenoxy) is 1. The minimum atomic E-state index is -0.545. The summed E-state index contributed by atoms with van der Waals surface area (Å²) in [5.74, 6) is -0.108. The second-order valence-corrected chi connectivity index (χ2v) is 9.84. The first-order valence-electron chi connectivity index (χ1n) is 11.5. The van der Waals surface area contributed by atoms with Crippen LogP contribution in [0.5, 0.6) is 5.75 Å². The van der Waals surface area contributed by atoms with Crippen LogP contribution in [0, 0.1) is 11.3 Å². The van der Waals surface area contributed by atoms with Crippen LogP contribution in [-0.2, 0) is 4.74 Å². The van der Waals surface area contributed by atoms with E-state index in [1.165, 1.54) is 0 Å². The number of anilines is 1. The van der Waals surface area contributed by atoms with Gasteiger partial charge in [0, 0.05) is 36.1 Å². The molecular formula is C27H31ClN4O3. The Kier molecular flexibility index (Phi) is 8.08. The van der Waals surface area contributed by atoms with Crippen LogP contribution in [0.15, 0.2) is 31.0 Å². The van der Waals surface area contributed by atoms with Crippen molar-refractivity contribution in [3.8, 4) is 11.8 Å². The van der Waals surface area contributed by atoms with Crippen LogP contribution in [0.3, 0.4) is 0 Å². The van der Waals surface area contributed by atoms with Crippen molar-refractivity contribution in [1.82, 2.24) is 10.3 Å². The normalized spacial score (nSPS) is 15.6. The van der Waals surface area contributed by atoms with Gasteiger partial charge in [0.15, 0.2) is 0 Å². The number of alkyl carbamates (subject to hydrolysis) is 1. The van der Waals surface area contributed by atoms with Gasteiger partial charge in [-0.25, -0.2) is 4.79 Å². The SMILES string of the molecule is C=C(/C=c1/c(N2CCC(NC(=O)OC(C)(C)C)CC2)c(Cl)cn/c1=C/C)c1cccc(C#N)c1O. The highest BCUT2D eigenvalue weighted by molar-refractivity contribution is 6.33. The van der Waals surface area contributed by atoms with Crippen molar-refractivity contribution in [2.24, 2.45) is 0 Å². The van der Waals surface area contributed by atoms with E-state index >= 15 is 0 Å². The molecule has 1 aromatic carbocycles. The van der Waals surface area contributed by atoms with Crippen LogP contribution in [0.4, 0.5) is 10.5 Å². The Bertz CT molecular complexity index is 1280. The molecule has 0 unspecified atom stereocenters. The van der Waals surface area contributed by atoms with Crippen LogP contribution in [-0.4, -0.2) is 40.9 Å². The lowest BCUT2D eigenvalue weighted by Crippen LogP contribution is -2.48. The number of phenols is 1. The van der Waals surface area contributed by atoms with Crippen LogP contribution in [0.2, 0.25) is 5.02 Å². The van der Waals surface area contributed by atoms with Crippen LogP contribution < -0.4 is 20.8 Å². The maximum Gasteiger partial charge on any atom is 0.407 e. The predicted octanol–water partition coefficient (Wildman–Crippen LogP) is 4.10. The molecule has 2 aromatic rings. The second-order valence-electron chi connectivity index (χ2n) is 9.43. The van der Waals surface area contributed by atoms with E-state index in [2.05, 4.69) is 21.8 Å². The van der Waals surface area contributed by atoms with E-state index in [1.54, 1.807) is 24.4 Å². The smallest absolute Gasteiger partial charge is 0.407 e. The molecule has 1 fully saturated rings. The molecule has 0 bridgehead atoms. The van der Waals surface area contributed by atoms with Crippen molar-refractivity contribution in [3.05, 3.63) is 57.7 Å². The number of aromatic nitrogens is 1. The molecule has 1 aliphatic rings. The minimum Gasteiger partial charge on any atom is -0.506 e. The number of nitriles is 1. The molecule has 35 heavy (non-hydrogen) atoms. The molecule has 0 aliphatic carbocycles. The number of hydrogen-bond donors (Lipinski definition) is 2. The Balaban J connectivity index is 1.91. The number of piperidine rings is 1. The van der Waals surface area contributed by atoms with Gasteiger partial charge in [0.25, 0.3) is 0 Å². The number of aromatic hydroxyl groups is 1. The zero-order valence-electron chi connectivity index (χ0n) is 20.6. The zero-order chi connectivity index (χ0) is 25.8. The van der Waals surface area contributed by atoms with E-state index in [9.17, 15) is 15.2 Å². The second kappa shape index (κ2) is 10.8. The van der Waals surface area contributed by atoms with Gasteiger partial charge in [0.2, 0.25) is 0 Å². The van der Waals surface area contributed by atoms with Gasteiger partial charge in [0.1, 0.15) is 17.4 Å². The Morgan fingerprint density at radius 3 is 2.66 bits per heavy atom.